The molecule has 21 heavy (non-hydrogen) atoms. The molecule has 0 saturated carbocycles. The molecule has 0 unspecified atom stereocenters. The molecule has 0 spiro atoms. The van der Waals surface area contributed by atoms with E-state index in [4.69, 9.17) is 11.0 Å². The van der Waals surface area contributed by atoms with E-state index in [0.29, 0.717) is 17.8 Å². The van der Waals surface area contributed by atoms with Crippen molar-refractivity contribution in [3.63, 3.8) is 0 Å². The van der Waals surface area contributed by atoms with Gasteiger partial charge in [0.05, 0.1) is 22.5 Å². The van der Waals surface area contributed by atoms with Gasteiger partial charge in [-0.05, 0) is 23.8 Å². The summed E-state index contributed by atoms with van der Waals surface area (Å²) >= 11 is 0. The van der Waals surface area contributed by atoms with Gasteiger partial charge in [-0.3, -0.25) is 4.98 Å². The standard InChI is InChI=1S/C17H14N4/c18-10-13-5-2-8-15(16(13)19)21-11-14-6-1-4-12-7-3-9-20-17(12)14/h1-9,21H,11,19H2. The van der Waals surface area contributed by atoms with Gasteiger partial charge in [-0.2, -0.15) is 5.26 Å². The Labute approximate surface area is 122 Å². The maximum absolute atomic E-state index is 9.00. The molecule has 0 atom stereocenters. The molecular weight excluding hydrogens is 260 g/mol. The van der Waals surface area contributed by atoms with Crippen LogP contribution in [-0.2, 0) is 6.54 Å². The van der Waals surface area contributed by atoms with Gasteiger partial charge in [0, 0.05) is 18.1 Å². The minimum atomic E-state index is 0.480. The number of aromatic nitrogens is 1. The average Bonchev–Trinajstić information content (AvgIpc) is 2.54. The van der Waals surface area contributed by atoms with E-state index < -0.39 is 0 Å². The van der Waals surface area contributed by atoms with Crippen molar-refractivity contribution in [2.45, 2.75) is 6.54 Å². The fraction of sp³-hybridized carbons (Fsp3) is 0.0588. The van der Waals surface area contributed by atoms with Crippen molar-refractivity contribution < 1.29 is 0 Å². The predicted octanol–water partition coefficient (Wildman–Crippen LogP) is 3.30. The van der Waals surface area contributed by atoms with E-state index in [2.05, 4.69) is 16.4 Å². The predicted molar refractivity (Wildman–Crippen MR) is 84.6 cm³/mol. The Hall–Kier alpha value is -3.06. The van der Waals surface area contributed by atoms with E-state index in [1.807, 2.05) is 42.5 Å². The highest BCUT2D eigenvalue weighted by atomic mass is 14.9. The Bertz CT molecular complexity index is 828. The molecule has 0 amide bonds. The topological polar surface area (TPSA) is 74.7 Å². The zero-order chi connectivity index (χ0) is 14.7. The van der Waals surface area contributed by atoms with Crippen LogP contribution in [0.1, 0.15) is 11.1 Å². The Kier molecular flexibility index (Phi) is 3.40. The molecule has 0 bridgehead atoms. The van der Waals surface area contributed by atoms with Crippen LogP contribution in [0.5, 0.6) is 0 Å². The van der Waals surface area contributed by atoms with Crippen LogP contribution in [0.15, 0.2) is 54.7 Å². The molecule has 0 saturated heterocycles. The lowest BCUT2D eigenvalue weighted by atomic mass is 10.1. The molecular formula is C17H14N4. The largest absolute Gasteiger partial charge is 0.396 e. The molecule has 0 aliphatic rings. The second kappa shape index (κ2) is 5.51. The summed E-state index contributed by atoms with van der Waals surface area (Å²) in [5, 5.41) is 13.4. The number of benzene rings is 2. The summed E-state index contributed by atoms with van der Waals surface area (Å²) in [6.45, 7) is 0.605. The number of hydrogen-bond acceptors (Lipinski definition) is 4. The number of pyridine rings is 1. The quantitative estimate of drug-likeness (QED) is 0.718. The summed E-state index contributed by atoms with van der Waals surface area (Å²) in [5.41, 5.74) is 9.77. The van der Waals surface area contributed by atoms with Gasteiger partial charge in [0.1, 0.15) is 6.07 Å². The Morgan fingerprint density at radius 3 is 2.76 bits per heavy atom. The van der Waals surface area contributed by atoms with Crippen LogP contribution in [0.2, 0.25) is 0 Å². The van der Waals surface area contributed by atoms with Crippen molar-refractivity contribution >= 4 is 22.3 Å². The summed E-state index contributed by atoms with van der Waals surface area (Å²) in [7, 11) is 0. The molecule has 102 valence electrons. The van der Waals surface area contributed by atoms with E-state index in [9.17, 15) is 0 Å². The van der Waals surface area contributed by atoms with Crippen LogP contribution in [-0.4, -0.2) is 4.98 Å². The van der Waals surface area contributed by atoms with Gasteiger partial charge in [0.25, 0.3) is 0 Å². The number of nitrogens with zero attached hydrogens (tertiary/aromatic N) is 2. The lowest BCUT2D eigenvalue weighted by molar-refractivity contribution is 1.15. The highest BCUT2D eigenvalue weighted by Gasteiger charge is 2.05. The average molecular weight is 274 g/mol. The highest BCUT2D eigenvalue weighted by molar-refractivity contribution is 5.82. The van der Waals surface area contributed by atoms with Gasteiger partial charge < -0.3 is 11.1 Å². The van der Waals surface area contributed by atoms with E-state index in [0.717, 1.165) is 22.2 Å². The number of anilines is 2. The summed E-state index contributed by atoms with van der Waals surface area (Å²) in [6, 6.07) is 17.5. The highest BCUT2D eigenvalue weighted by Crippen LogP contribution is 2.23. The lowest BCUT2D eigenvalue weighted by Crippen LogP contribution is -2.04. The number of nitriles is 1. The number of nitrogens with two attached hydrogens (primary N) is 1. The third kappa shape index (κ3) is 2.49. The first-order valence-corrected chi connectivity index (χ1v) is 6.64. The third-order valence-corrected chi connectivity index (χ3v) is 3.41. The Morgan fingerprint density at radius 1 is 1.10 bits per heavy atom. The lowest BCUT2D eigenvalue weighted by Gasteiger charge is -2.11. The summed E-state index contributed by atoms with van der Waals surface area (Å²) < 4.78 is 0. The summed E-state index contributed by atoms with van der Waals surface area (Å²) in [6.07, 6.45) is 1.79. The molecule has 4 nitrogen and oxygen atoms in total. The fourth-order valence-electron chi connectivity index (χ4n) is 2.32. The van der Waals surface area contributed by atoms with Gasteiger partial charge in [-0.1, -0.05) is 30.3 Å². The van der Waals surface area contributed by atoms with Crippen molar-refractivity contribution in [2.24, 2.45) is 0 Å². The van der Waals surface area contributed by atoms with Crippen molar-refractivity contribution in [1.29, 1.82) is 5.26 Å². The van der Waals surface area contributed by atoms with Gasteiger partial charge in [-0.15, -0.1) is 0 Å². The minimum absolute atomic E-state index is 0.480. The van der Waals surface area contributed by atoms with E-state index in [-0.39, 0.29) is 0 Å². The van der Waals surface area contributed by atoms with Crippen LogP contribution < -0.4 is 11.1 Å². The van der Waals surface area contributed by atoms with E-state index in [1.54, 1.807) is 12.3 Å². The number of para-hydroxylation sites is 2. The number of nitrogen functional groups attached to an aromatic ring is 1. The normalized spacial score (nSPS) is 10.2. The van der Waals surface area contributed by atoms with E-state index in [1.165, 1.54) is 0 Å². The molecule has 3 rings (SSSR count). The van der Waals surface area contributed by atoms with Crippen LogP contribution >= 0.6 is 0 Å². The van der Waals surface area contributed by atoms with Crippen LogP contribution in [0.25, 0.3) is 10.9 Å². The number of nitrogens with one attached hydrogen (secondary N) is 1. The van der Waals surface area contributed by atoms with Crippen LogP contribution in [0.3, 0.4) is 0 Å². The van der Waals surface area contributed by atoms with Crippen molar-refractivity contribution in [1.82, 2.24) is 4.98 Å². The number of fused-ring (bicyclic) bond motifs is 1. The second-order valence-corrected chi connectivity index (χ2v) is 4.72. The molecule has 1 heterocycles. The third-order valence-electron chi connectivity index (χ3n) is 3.41. The summed E-state index contributed by atoms with van der Waals surface area (Å²) in [4.78, 5) is 4.43. The molecule has 4 heteroatoms. The zero-order valence-electron chi connectivity index (χ0n) is 11.4. The molecule has 1 aromatic heterocycles. The fourth-order valence-corrected chi connectivity index (χ4v) is 2.32. The van der Waals surface area contributed by atoms with Gasteiger partial charge in [-0.25, -0.2) is 0 Å². The van der Waals surface area contributed by atoms with Gasteiger partial charge in [0.2, 0.25) is 0 Å². The molecule has 0 radical (unpaired) electrons. The SMILES string of the molecule is N#Cc1cccc(NCc2cccc3cccnc23)c1N. The maximum Gasteiger partial charge on any atom is 0.101 e. The molecule has 0 aliphatic carbocycles. The van der Waals surface area contributed by atoms with Crippen LogP contribution in [0, 0.1) is 11.3 Å². The smallest absolute Gasteiger partial charge is 0.101 e. The molecule has 3 aromatic rings. The van der Waals surface area contributed by atoms with Crippen molar-refractivity contribution in [3.05, 3.63) is 65.9 Å². The Balaban J connectivity index is 1.89. The van der Waals surface area contributed by atoms with Crippen molar-refractivity contribution in [3.8, 4) is 6.07 Å². The summed E-state index contributed by atoms with van der Waals surface area (Å²) in [5.74, 6) is 0. The minimum Gasteiger partial charge on any atom is -0.396 e. The van der Waals surface area contributed by atoms with E-state index >= 15 is 0 Å². The molecule has 0 aliphatic heterocycles. The number of hydrogen-bond donors (Lipinski definition) is 2. The van der Waals surface area contributed by atoms with Gasteiger partial charge in [0.15, 0.2) is 0 Å². The second-order valence-electron chi connectivity index (χ2n) is 4.72. The molecule has 0 fully saturated rings. The maximum atomic E-state index is 9.00. The molecule has 3 N–H and O–H groups in total. The van der Waals surface area contributed by atoms with Crippen LogP contribution in [0.4, 0.5) is 11.4 Å². The monoisotopic (exact) mass is 274 g/mol. The van der Waals surface area contributed by atoms with Gasteiger partial charge >= 0.3 is 0 Å². The number of rotatable bonds is 3. The Morgan fingerprint density at radius 2 is 1.90 bits per heavy atom. The first-order chi connectivity index (χ1) is 10.3. The first kappa shape index (κ1) is 12.9. The zero-order valence-corrected chi connectivity index (χ0v) is 11.4. The molecule has 2 aromatic carbocycles. The first-order valence-electron chi connectivity index (χ1n) is 6.64. The van der Waals surface area contributed by atoms with Crippen molar-refractivity contribution in [2.75, 3.05) is 11.1 Å².